The Labute approximate surface area is 342 Å². The van der Waals surface area contributed by atoms with E-state index < -0.39 is 5.41 Å². The topological polar surface area (TPSA) is 12.9 Å². The molecule has 0 N–H and O–H groups in total. The molecule has 9 aromatic carbocycles. The third-order valence-corrected chi connectivity index (χ3v) is 13.4. The molecule has 270 valence electrons. The maximum absolute atomic E-state index is 5.41. The smallest absolute Gasteiger partial charge is 0.124 e. The van der Waals surface area contributed by atoms with Gasteiger partial charge in [0.2, 0.25) is 0 Å². The summed E-state index contributed by atoms with van der Waals surface area (Å²) in [6, 6.07) is 78.1. The van der Waals surface area contributed by atoms with Crippen molar-refractivity contribution < 1.29 is 0 Å². The standard InChI is InChI=1S/C56H35NS/c1-3-14-36(15-4-1)38-26-28-39(29-27-38)55-57-54-48(42-19-13-18-40(32-42)37-16-5-2-6-17-37)33-43(35-53(54)58-55)41-30-31-47-46-22-9-12-25-51(46)56(52(47)34-41)49-23-10-7-20-44(49)45-21-8-11-24-50(45)56/h1-35H. The predicted octanol–water partition coefficient (Wildman–Crippen LogP) is 15.0. The van der Waals surface area contributed by atoms with Crippen LogP contribution >= 0.6 is 11.3 Å². The SMILES string of the molecule is c1ccc(-c2ccc(-c3nc4c(-c5cccc(-c6ccccc6)c5)cc(-c5ccc6c(c5)C5(c7ccccc7-c7ccccc75)c5ccccc5-6)cc4s3)cc2)cc1. The van der Waals surface area contributed by atoms with E-state index in [0.717, 1.165) is 27.2 Å². The number of aromatic nitrogens is 1. The summed E-state index contributed by atoms with van der Waals surface area (Å²) in [5, 5.41) is 1.02. The second-order valence-corrected chi connectivity index (χ2v) is 16.5. The van der Waals surface area contributed by atoms with Gasteiger partial charge in [-0.1, -0.05) is 188 Å². The van der Waals surface area contributed by atoms with Crippen LogP contribution in [0.4, 0.5) is 0 Å². The Hall–Kier alpha value is -7.13. The number of fused-ring (bicyclic) bond motifs is 11. The summed E-state index contributed by atoms with van der Waals surface area (Å²) in [7, 11) is 0. The van der Waals surface area contributed by atoms with E-state index in [1.54, 1.807) is 11.3 Å². The highest BCUT2D eigenvalue weighted by atomic mass is 32.1. The minimum Gasteiger partial charge on any atom is -0.235 e. The summed E-state index contributed by atoms with van der Waals surface area (Å²) in [5.74, 6) is 0. The molecule has 1 aromatic heterocycles. The highest BCUT2D eigenvalue weighted by molar-refractivity contribution is 7.21. The number of hydrogen-bond donors (Lipinski definition) is 0. The van der Waals surface area contributed by atoms with Crippen molar-refractivity contribution in [2.24, 2.45) is 0 Å². The molecule has 0 saturated heterocycles. The van der Waals surface area contributed by atoms with Gasteiger partial charge < -0.3 is 0 Å². The molecule has 0 atom stereocenters. The van der Waals surface area contributed by atoms with Gasteiger partial charge in [-0.2, -0.15) is 0 Å². The van der Waals surface area contributed by atoms with Gasteiger partial charge in [-0.25, -0.2) is 4.98 Å². The van der Waals surface area contributed by atoms with Crippen LogP contribution in [-0.4, -0.2) is 4.98 Å². The van der Waals surface area contributed by atoms with E-state index in [9.17, 15) is 0 Å². The molecule has 1 spiro atoms. The minimum atomic E-state index is -0.393. The second kappa shape index (κ2) is 13.0. The van der Waals surface area contributed by atoms with E-state index >= 15 is 0 Å². The van der Waals surface area contributed by atoms with Crippen LogP contribution in [0.1, 0.15) is 22.3 Å². The van der Waals surface area contributed by atoms with Crippen LogP contribution in [0.3, 0.4) is 0 Å². The first-order valence-corrected chi connectivity index (χ1v) is 20.8. The van der Waals surface area contributed by atoms with Gasteiger partial charge >= 0.3 is 0 Å². The molecule has 0 fully saturated rings. The highest BCUT2D eigenvalue weighted by Gasteiger charge is 2.51. The van der Waals surface area contributed by atoms with E-state index in [-0.39, 0.29) is 0 Å². The second-order valence-electron chi connectivity index (χ2n) is 15.4. The number of nitrogens with zero attached hydrogens (tertiary/aromatic N) is 1. The van der Waals surface area contributed by atoms with Crippen LogP contribution in [0, 0.1) is 0 Å². The average Bonchev–Trinajstić information content (AvgIpc) is 3.96. The van der Waals surface area contributed by atoms with Crippen LogP contribution in [0.15, 0.2) is 212 Å². The van der Waals surface area contributed by atoms with Crippen molar-refractivity contribution in [3.05, 3.63) is 235 Å². The summed E-state index contributed by atoms with van der Waals surface area (Å²) in [4.78, 5) is 5.41. The lowest BCUT2D eigenvalue weighted by Crippen LogP contribution is -2.25. The first kappa shape index (κ1) is 33.1. The quantitative estimate of drug-likeness (QED) is 0.171. The van der Waals surface area contributed by atoms with E-state index in [4.69, 9.17) is 4.98 Å². The zero-order chi connectivity index (χ0) is 38.2. The van der Waals surface area contributed by atoms with Gasteiger partial charge in [0.25, 0.3) is 0 Å². The van der Waals surface area contributed by atoms with Crippen LogP contribution in [0.2, 0.25) is 0 Å². The molecule has 0 radical (unpaired) electrons. The van der Waals surface area contributed by atoms with Crippen molar-refractivity contribution in [1.82, 2.24) is 4.98 Å². The third-order valence-electron chi connectivity index (χ3n) is 12.3. The normalized spacial score (nSPS) is 13.0. The molecule has 12 rings (SSSR count). The summed E-state index contributed by atoms with van der Waals surface area (Å²) in [5.41, 5.74) is 22.0. The molecule has 0 aliphatic heterocycles. The van der Waals surface area contributed by atoms with E-state index in [0.29, 0.717) is 0 Å². The van der Waals surface area contributed by atoms with Crippen molar-refractivity contribution in [3.8, 4) is 77.3 Å². The van der Waals surface area contributed by atoms with Crippen molar-refractivity contribution in [1.29, 1.82) is 0 Å². The number of hydrogen-bond acceptors (Lipinski definition) is 2. The number of benzene rings is 9. The van der Waals surface area contributed by atoms with Crippen LogP contribution in [0.25, 0.3) is 87.5 Å². The van der Waals surface area contributed by atoms with E-state index in [2.05, 4.69) is 212 Å². The average molecular weight is 754 g/mol. The monoisotopic (exact) mass is 753 g/mol. The molecule has 1 heterocycles. The predicted molar refractivity (Wildman–Crippen MR) is 243 cm³/mol. The molecule has 0 saturated carbocycles. The number of thiazole rings is 1. The Bertz CT molecular complexity index is 3150. The van der Waals surface area contributed by atoms with Crippen molar-refractivity contribution in [2.75, 3.05) is 0 Å². The summed E-state index contributed by atoms with van der Waals surface area (Å²) >= 11 is 1.77. The molecule has 2 aliphatic carbocycles. The molecule has 1 nitrogen and oxygen atoms in total. The van der Waals surface area contributed by atoms with Gasteiger partial charge in [0.1, 0.15) is 5.01 Å². The lowest BCUT2D eigenvalue weighted by molar-refractivity contribution is 0.794. The van der Waals surface area contributed by atoms with E-state index in [1.807, 2.05) is 0 Å². The summed E-state index contributed by atoms with van der Waals surface area (Å²) < 4.78 is 1.18. The Morgan fingerprint density at radius 2 is 0.759 bits per heavy atom. The maximum atomic E-state index is 5.41. The fraction of sp³-hybridized carbons (Fsp3) is 0.0179. The van der Waals surface area contributed by atoms with Crippen molar-refractivity contribution in [3.63, 3.8) is 0 Å². The summed E-state index contributed by atoms with van der Waals surface area (Å²) in [6.45, 7) is 0. The zero-order valence-electron chi connectivity index (χ0n) is 31.6. The van der Waals surface area contributed by atoms with Gasteiger partial charge in [0, 0.05) is 11.1 Å². The van der Waals surface area contributed by atoms with Gasteiger partial charge in [0.05, 0.1) is 15.6 Å². The Morgan fingerprint density at radius 1 is 0.293 bits per heavy atom. The van der Waals surface area contributed by atoms with Gasteiger partial charge in [0.15, 0.2) is 0 Å². The largest absolute Gasteiger partial charge is 0.235 e. The Kier molecular flexibility index (Phi) is 7.38. The molecule has 0 amide bonds. The van der Waals surface area contributed by atoms with Gasteiger partial charge in [-0.15, -0.1) is 11.3 Å². The van der Waals surface area contributed by atoms with Crippen LogP contribution in [0.5, 0.6) is 0 Å². The molecule has 2 heteroatoms. The minimum absolute atomic E-state index is 0.393. The molecular formula is C56H35NS. The fourth-order valence-electron chi connectivity index (χ4n) is 9.75. The van der Waals surface area contributed by atoms with Crippen LogP contribution in [-0.2, 0) is 5.41 Å². The zero-order valence-corrected chi connectivity index (χ0v) is 32.4. The molecular weight excluding hydrogens is 719 g/mol. The first-order valence-electron chi connectivity index (χ1n) is 19.9. The number of rotatable bonds is 5. The van der Waals surface area contributed by atoms with Crippen molar-refractivity contribution >= 4 is 21.6 Å². The fourth-order valence-corrected chi connectivity index (χ4v) is 10.8. The van der Waals surface area contributed by atoms with Crippen LogP contribution < -0.4 is 0 Å². The Balaban J connectivity index is 1.06. The van der Waals surface area contributed by atoms with Crippen molar-refractivity contribution in [2.45, 2.75) is 5.41 Å². The Morgan fingerprint density at radius 3 is 1.40 bits per heavy atom. The molecule has 58 heavy (non-hydrogen) atoms. The van der Waals surface area contributed by atoms with Gasteiger partial charge in [-0.3, -0.25) is 0 Å². The molecule has 0 unspecified atom stereocenters. The molecule has 10 aromatic rings. The third kappa shape index (κ3) is 4.92. The molecule has 0 bridgehead atoms. The van der Waals surface area contributed by atoms with E-state index in [1.165, 1.54) is 82.6 Å². The molecule has 2 aliphatic rings. The van der Waals surface area contributed by atoms with Gasteiger partial charge in [-0.05, 0) is 108 Å². The highest BCUT2D eigenvalue weighted by Crippen LogP contribution is 2.63. The lowest BCUT2D eigenvalue weighted by atomic mass is 9.70. The maximum Gasteiger partial charge on any atom is 0.124 e. The first-order chi connectivity index (χ1) is 28.7. The summed E-state index contributed by atoms with van der Waals surface area (Å²) in [6.07, 6.45) is 0. The lowest BCUT2D eigenvalue weighted by Gasteiger charge is -2.30.